The van der Waals surface area contributed by atoms with Crippen LogP contribution < -0.4 is 5.73 Å². The monoisotopic (exact) mass is 258 g/mol. The minimum Gasteiger partial charge on any atom is -0.369 e. The van der Waals surface area contributed by atoms with Gasteiger partial charge in [-0.05, 0) is 43.7 Å². The zero-order valence-electron chi connectivity index (χ0n) is 11.8. The van der Waals surface area contributed by atoms with Gasteiger partial charge in [0.25, 0.3) is 0 Å². The van der Waals surface area contributed by atoms with Crippen molar-refractivity contribution in [2.75, 3.05) is 5.73 Å². The summed E-state index contributed by atoms with van der Waals surface area (Å²) < 4.78 is 2.16. The first-order valence-corrected chi connectivity index (χ1v) is 7.25. The normalized spacial score (nSPS) is 24.5. The second-order valence-electron chi connectivity index (χ2n) is 5.96. The average Bonchev–Trinajstić information content (AvgIpc) is 2.54. The van der Waals surface area contributed by atoms with E-state index < -0.39 is 0 Å². The highest BCUT2D eigenvalue weighted by atomic mass is 15.2. The smallest absolute Gasteiger partial charge is 0.202 e. The van der Waals surface area contributed by atoms with E-state index in [2.05, 4.69) is 27.5 Å². The Balaban J connectivity index is 2.01. The number of aromatic nitrogens is 3. The first-order valence-electron chi connectivity index (χ1n) is 7.25. The fourth-order valence-corrected chi connectivity index (χ4v) is 3.19. The highest BCUT2D eigenvalue weighted by molar-refractivity contribution is 5.74. The van der Waals surface area contributed by atoms with Gasteiger partial charge in [0.1, 0.15) is 5.52 Å². The van der Waals surface area contributed by atoms with Crippen LogP contribution in [0.3, 0.4) is 0 Å². The molecule has 19 heavy (non-hydrogen) atoms. The van der Waals surface area contributed by atoms with Crippen molar-refractivity contribution < 1.29 is 0 Å². The van der Waals surface area contributed by atoms with Crippen LogP contribution in [-0.4, -0.2) is 14.5 Å². The Kier molecular flexibility index (Phi) is 3.17. The van der Waals surface area contributed by atoms with Crippen LogP contribution in [-0.2, 0) is 0 Å². The van der Waals surface area contributed by atoms with Crippen molar-refractivity contribution in [1.82, 2.24) is 14.5 Å². The molecule has 0 amide bonds. The number of aryl methyl sites for hydroxylation is 1. The molecule has 2 N–H and O–H groups in total. The number of hydrogen-bond donors (Lipinski definition) is 1. The molecule has 0 aliphatic heterocycles. The van der Waals surface area contributed by atoms with Crippen LogP contribution in [0.15, 0.2) is 12.3 Å². The minimum absolute atomic E-state index is 0.463. The summed E-state index contributed by atoms with van der Waals surface area (Å²) >= 11 is 0. The molecule has 0 bridgehead atoms. The van der Waals surface area contributed by atoms with Crippen LogP contribution in [0.2, 0.25) is 0 Å². The van der Waals surface area contributed by atoms with Gasteiger partial charge in [-0.2, -0.15) is 0 Å². The van der Waals surface area contributed by atoms with Gasteiger partial charge < -0.3 is 5.73 Å². The molecule has 4 nitrogen and oxygen atoms in total. The van der Waals surface area contributed by atoms with Gasteiger partial charge in [0, 0.05) is 12.2 Å². The van der Waals surface area contributed by atoms with Crippen molar-refractivity contribution in [2.45, 2.75) is 52.0 Å². The molecule has 0 radical (unpaired) electrons. The number of nitrogens with zero attached hydrogens (tertiary/aromatic N) is 3. The first-order chi connectivity index (χ1) is 9.15. The lowest BCUT2D eigenvalue weighted by molar-refractivity contribution is 0.444. The van der Waals surface area contributed by atoms with E-state index in [0.717, 1.165) is 22.6 Å². The Hall–Kier alpha value is -1.58. The van der Waals surface area contributed by atoms with Crippen LogP contribution in [0.5, 0.6) is 0 Å². The molecular weight excluding hydrogens is 236 g/mol. The molecule has 2 unspecified atom stereocenters. The van der Waals surface area contributed by atoms with Gasteiger partial charge in [-0.3, -0.25) is 4.57 Å². The molecule has 0 aromatic carbocycles. The van der Waals surface area contributed by atoms with Crippen LogP contribution in [0, 0.1) is 12.8 Å². The third kappa shape index (κ3) is 2.31. The number of fused-ring (bicyclic) bond motifs is 1. The molecule has 1 saturated carbocycles. The summed E-state index contributed by atoms with van der Waals surface area (Å²) in [7, 11) is 0. The molecule has 1 fully saturated rings. The van der Waals surface area contributed by atoms with Crippen LogP contribution in [0.1, 0.15) is 50.6 Å². The second-order valence-corrected chi connectivity index (χ2v) is 5.96. The van der Waals surface area contributed by atoms with Crippen molar-refractivity contribution >= 4 is 17.1 Å². The quantitative estimate of drug-likeness (QED) is 0.797. The van der Waals surface area contributed by atoms with Crippen LogP contribution in [0.25, 0.3) is 11.2 Å². The van der Waals surface area contributed by atoms with Crippen molar-refractivity contribution in [3.05, 3.63) is 17.8 Å². The summed E-state index contributed by atoms with van der Waals surface area (Å²) in [6.45, 7) is 4.38. The fourth-order valence-electron chi connectivity index (χ4n) is 3.19. The molecule has 0 saturated heterocycles. The SMILES string of the molecule is Cc1cnc2c(c1)nc(N)n2C1CCCC(C)CC1. The fraction of sp³-hybridized carbons (Fsp3) is 0.600. The zero-order valence-corrected chi connectivity index (χ0v) is 11.8. The molecule has 0 spiro atoms. The standard InChI is InChI=1S/C15H22N4/c1-10-4-3-5-12(7-6-10)19-14-13(18-15(19)16)8-11(2)9-17-14/h8-10,12H,3-7H2,1-2H3,(H2,16,18). The van der Waals surface area contributed by atoms with Crippen molar-refractivity contribution in [1.29, 1.82) is 0 Å². The highest BCUT2D eigenvalue weighted by Crippen LogP contribution is 2.33. The summed E-state index contributed by atoms with van der Waals surface area (Å²) in [6, 6.07) is 2.53. The molecule has 1 aliphatic rings. The lowest BCUT2D eigenvalue weighted by atomic mass is 10.0. The molecule has 2 aromatic heterocycles. The van der Waals surface area contributed by atoms with Crippen molar-refractivity contribution in [3.63, 3.8) is 0 Å². The van der Waals surface area contributed by atoms with Gasteiger partial charge >= 0.3 is 0 Å². The highest BCUT2D eigenvalue weighted by Gasteiger charge is 2.22. The summed E-state index contributed by atoms with van der Waals surface area (Å²) in [6.07, 6.45) is 8.16. The molecule has 1 aliphatic carbocycles. The molecule has 2 atom stereocenters. The maximum Gasteiger partial charge on any atom is 0.202 e. The number of nitrogens with two attached hydrogens (primary N) is 1. The van der Waals surface area contributed by atoms with E-state index in [0.29, 0.717) is 12.0 Å². The van der Waals surface area contributed by atoms with E-state index in [1.165, 1.54) is 32.1 Å². The van der Waals surface area contributed by atoms with Gasteiger partial charge in [0.2, 0.25) is 5.95 Å². The zero-order chi connectivity index (χ0) is 13.4. The second kappa shape index (κ2) is 4.83. The van der Waals surface area contributed by atoms with E-state index in [4.69, 9.17) is 5.73 Å². The van der Waals surface area contributed by atoms with Gasteiger partial charge in [0.15, 0.2) is 5.65 Å². The largest absolute Gasteiger partial charge is 0.369 e. The van der Waals surface area contributed by atoms with Gasteiger partial charge in [0.05, 0.1) is 0 Å². The molecule has 102 valence electrons. The lowest BCUT2D eigenvalue weighted by Crippen LogP contribution is -2.12. The van der Waals surface area contributed by atoms with E-state index in [1.54, 1.807) is 0 Å². The Morgan fingerprint density at radius 2 is 2.11 bits per heavy atom. The number of rotatable bonds is 1. The van der Waals surface area contributed by atoms with Crippen LogP contribution in [0.4, 0.5) is 5.95 Å². The summed E-state index contributed by atoms with van der Waals surface area (Å²) in [4.78, 5) is 9.02. The van der Waals surface area contributed by atoms with E-state index in [-0.39, 0.29) is 0 Å². The Morgan fingerprint density at radius 1 is 1.26 bits per heavy atom. The van der Waals surface area contributed by atoms with Crippen molar-refractivity contribution in [3.8, 4) is 0 Å². The summed E-state index contributed by atoms with van der Waals surface area (Å²) in [5.41, 5.74) is 9.14. The van der Waals surface area contributed by atoms with E-state index >= 15 is 0 Å². The molecule has 2 heterocycles. The number of imidazole rings is 1. The predicted molar refractivity (Wildman–Crippen MR) is 78.0 cm³/mol. The molecule has 4 heteroatoms. The molecular formula is C15H22N4. The molecule has 2 aromatic rings. The first kappa shape index (κ1) is 12.5. The Morgan fingerprint density at radius 3 is 2.95 bits per heavy atom. The third-order valence-electron chi connectivity index (χ3n) is 4.29. The predicted octanol–water partition coefficient (Wildman–Crippen LogP) is 3.46. The number of nitrogen functional groups attached to an aromatic ring is 1. The number of pyridine rings is 1. The van der Waals surface area contributed by atoms with Gasteiger partial charge in [-0.1, -0.05) is 19.8 Å². The average molecular weight is 258 g/mol. The van der Waals surface area contributed by atoms with Gasteiger partial charge in [-0.25, -0.2) is 9.97 Å². The van der Waals surface area contributed by atoms with Crippen LogP contribution >= 0.6 is 0 Å². The lowest BCUT2D eigenvalue weighted by Gasteiger charge is -2.18. The summed E-state index contributed by atoms with van der Waals surface area (Å²) in [5, 5.41) is 0. The van der Waals surface area contributed by atoms with Crippen molar-refractivity contribution in [2.24, 2.45) is 5.92 Å². The Labute approximate surface area is 114 Å². The number of hydrogen-bond acceptors (Lipinski definition) is 3. The van der Waals surface area contributed by atoms with E-state index in [9.17, 15) is 0 Å². The molecule has 3 rings (SSSR count). The van der Waals surface area contributed by atoms with Gasteiger partial charge in [-0.15, -0.1) is 0 Å². The maximum absolute atomic E-state index is 6.13. The van der Waals surface area contributed by atoms with E-state index in [1.807, 2.05) is 13.1 Å². The number of anilines is 1. The third-order valence-corrected chi connectivity index (χ3v) is 4.29. The minimum atomic E-state index is 0.463. The Bertz CT molecular complexity index is 587. The maximum atomic E-state index is 6.13. The topological polar surface area (TPSA) is 56.7 Å². The summed E-state index contributed by atoms with van der Waals surface area (Å²) in [5.74, 6) is 1.45.